The van der Waals surface area contributed by atoms with Gasteiger partial charge in [-0.05, 0) is 29.6 Å². The van der Waals surface area contributed by atoms with Crippen molar-refractivity contribution >= 4 is 23.4 Å². The number of hydrogen-bond acceptors (Lipinski definition) is 5. The molecule has 1 fully saturated rings. The van der Waals surface area contributed by atoms with Crippen molar-refractivity contribution in [2.45, 2.75) is 25.4 Å². The molecule has 2 aliphatic heterocycles. The van der Waals surface area contributed by atoms with Crippen LogP contribution in [-0.4, -0.2) is 41.8 Å². The van der Waals surface area contributed by atoms with E-state index < -0.39 is 11.9 Å². The second kappa shape index (κ2) is 6.59. The van der Waals surface area contributed by atoms with Crippen LogP contribution in [0.2, 0.25) is 0 Å². The van der Waals surface area contributed by atoms with Crippen molar-refractivity contribution in [3.05, 3.63) is 39.8 Å². The van der Waals surface area contributed by atoms with Gasteiger partial charge in [0, 0.05) is 42.2 Å². The van der Waals surface area contributed by atoms with Crippen molar-refractivity contribution in [3.8, 4) is 0 Å². The number of nitrogens with zero attached hydrogens (tertiary/aromatic N) is 4. The topological polar surface area (TPSA) is 127 Å². The summed E-state index contributed by atoms with van der Waals surface area (Å²) >= 11 is 0. The zero-order valence-corrected chi connectivity index (χ0v) is 12.9. The lowest BCUT2D eigenvalue weighted by Gasteiger charge is -2.29. The first-order valence-electron chi connectivity index (χ1n) is 7.62. The van der Waals surface area contributed by atoms with Gasteiger partial charge in [-0.3, -0.25) is 19.7 Å². The van der Waals surface area contributed by atoms with Gasteiger partial charge in [-0.15, -0.1) is 0 Å². The van der Waals surface area contributed by atoms with Crippen molar-refractivity contribution in [2.75, 3.05) is 18.4 Å². The summed E-state index contributed by atoms with van der Waals surface area (Å²) in [5.74, 6) is -0.926. The van der Waals surface area contributed by atoms with E-state index in [2.05, 4.69) is 20.7 Å². The molecular formula is C15H16N6O3. The maximum atomic E-state index is 12.6. The molecule has 0 spiro atoms. The van der Waals surface area contributed by atoms with Crippen molar-refractivity contribution in [3.63, 3.8) is 0 Å². The van der Waals surface area contributed by atoms with Gasteiger partial charge in [0.1, 0.15) is 6.04 Å². The van der Waals surface area contributed by atoms with Gasteiger partial charge in [0.2, 0.25) is 11.8 Å². The number of carbonyl (C=O) groups is 3. The summed E-state index contributed by atoms with van der Waals surface area (Å²) in [6.07, 6.45) is 0.588. The summed E-state index contributed by atoms with van der Waals surface area (Å²) in [6, 6.07) is 4.81. The van der Waals surface area contributed by atoms with E-state index in [-0.39, 0.29) is 18.2 Å². The SMILES string of the molecule is [N-]=[N+]=NCCNc1ccc2c(c1)C(=O)N(C1CCC(=O)NC1=O)C2. The van der Waals surface area contributed by atoms with Crippen LogP contribution >= 0.6 is 0 Å². The molecule has 2 N–H and O–H groups in total. The second-order valence-electron chi connectivity index (χ2n) is 5.65. The molecule has 9 heteroatoms. The van der Waals surface area contributed by atoms with Crippen LogP contribution in [0.1, 0.15) is 28.8 Å². The molecule has 1 aromatic carbocycles. The second-order valence-corrected chi connectivity index (χ2v) is 5.65. The zero-order chi connectivity index (χ0) is 17.1. The van der Waals surface area contributed by atoms with Gasteiger partial charge in [0.25, 0.3) is 5.91 Å². The molecule has 1 saturated heterocycles. The van der Waals surface area contributed by atoms with Gasteiger partial charge in [0.15, 0.2) is 0 Å². The number of piperidine rings is 1. The molecule has 124 valence electrons. The lowest BCUT2D eigenvalue weighted by atomic mass is 10.0. The molecular weight excluding hydrogens is 312 g/mol. The number of benzene rings is 1. The van der Waals surface area contributed by atoms with Crippen LogP contribution in [0.4, 0.5) is 5.69 Å². The summed E-state index contributed by atoms with van der Waals surface area (Å²) in [6.45, 7) is 1.14. The van der Waals surface area contributed by atoms with Crippen LogP contribution in [0.3, 0.4) is 0 Å². The third-order valence-electron chi connectivity index (χ3n) is 4.13. The molecule has 2 heterocycles. The number of amides is 3. The Morgan fingerprint density at radius 1 is 1.38 bits per heavy atom. The number of rotatable bonds is 5. The highest BCUT2D eigenvalue weighted by atomic mass is 16.2. The molecule has 0 saturated carbocycles. The highest BCUT2D eigenvalue weighted by Crippen LogP contribution is 2.29. The molecule has 9 nitrogen and oxygen atoms in total. The minimum Gasteiger partial charge on any atom is -0.385 e. The number of nitrogens with one attached hydrogen (secondary N) is 2. The minimum atomic E-state index is -0.607. The maximum Gasteiger partial charge on any atom is 0.255 e. The number of hydrogen-bond donors (Lipinski definition) is 2. The summed E-state index contributed by atoms with van der Waals surface area (Å²) in [4.78, 5) is 40.0. The first kappa shape index (κ1) is 15.8. The van der Waals surface area contributed by atoms with E-state index in [1.54, 1.807) is 6.07 Å². The van der Waals surface area contributed by atoms with Crippen LogP contribution in [0.15, 0.2) is 23.3 Å². The van der Waals surface area contributed by atoms with Crippen LogP contribution < -0.4 is 10.6 Å². The molecule has 1 aromatic rings. The van der Waals surface area contributed by atoms with Crippen molar-refractivity contribution in [1.29, 1.82) is 0 Å². The molecule has 0 radical (unpaired) electrons. The predicted octanol–water partition coefficient (Wildman–Crippen LogP) is 1.17. The van der Waals surface area contributed by atoms with Crippen LogP contribution in [-0.2, 0) is 16.1 Å². The lowest BCUT2D eigenvalue weighted by Crippen LogP contribution is -2.52. The van der Waals surface area contributed by atoms with E-state index in [1.807, 2.05) is 12.1 Å². The quantitative estimate of drug-likeness (QED) is 0.276. The van der Waals surface area contributed by atoms with E-state index in [4.69, 9.17) is 5.53 Å². The summed E-state index contributed by atoms with van der Waals surface area (Å²) in [5, 5.41) is 8.79. The molecule has 1 atom stereocenters. The molecule has 3 rings (SSSR count). The van der Waals surface area contributed by atoms with Gasteiger partial charge < -0.3 is 10.2 Å². The molecule has 24 heavy (non-hydrogen) atoms. The first-order chi connectivity index (χ1) is 11.6. The van der Waals surface area contributed by atoms with Crippen molar-refractivity contribution in [2.24, 2.45) is 5.11 Å². The van der Waals surface area contributed by atoms with Crippen molar-refractivity contribution < 1.29 is 14.4 Å². The number of azide groups is 1. The third kappa shape index (κ3) is 3.02. The van der Waals surface area contributed by atoms with Crippen molar-refractivity contribution in [1.82, 2.24) is 10.2 Å². The number of carbonyl (C=O) groups excluding carboxylic acids is 3. The number of imide groups is 1. The summed E-state index contributed by atoms with van der Waals surface area (Å²) < 4.78 is 0. The molecule has 1 unspecified atom stereocenters. The third-order valence-corrected chi connectivity index (χ3v) is 4.13. The Kier molecular flexibility index (Phi) is 4.35. The molecule has 0 aliphatic carbocycles. The predicted molar refractivity (Wildman–Crippen MR) is 85.0 cm³/mol. The Bertz CT molecular complexity index is 756. The maximum absolute atomic E-state index is 12.6. The van der Waals surface area contributed by atoms with Crippen LogP contribution in [0, 0.1) is 0 Å². The van der Waals surface area contributed by atoms with Gasteiger partial charge >= 0.3 is 0 Å². The Balaban J connectivity index is 1.72. The van der Waals surface area contributed by atoms with E-state index >= 15 is 0 Å². The molecule has 3 amide bonds. The average Bonchev–Trinajstić information content (AvgIpc) is 2.88. The Labute approximate surface area is 137 Å². The van der Waals surface area contributed by atoms with Gasteiger partial charge in [-0.1, -0.05) is 11.2 Å². The molecule has 0 aromatic heterocycles. The van der Waals surface area contributed by atoms with E-state index in [1.165, 1.54) is 4.90 Å². The fraction of sp³-hybridized carbons (Fsp3) is 0.400. The van der Waals surface area contributed by atoms with E-state index in [9.17, 15) is 14.4 Å². The average molecular weight is 328 g/mol. The lowest BCUT2D eigenvalue weighted by molar-refractivity contribution is -0.136. The Morgan fingerprint density at radius 3 is 2.96 bits per heavy atom. The number of anilines is 1. The van der Waals surface area contributed by atoms with E-state index in [0.29, 0.717) is 31.6 Å². The summed E-state index contributed by atoms with van der Waals surface area (Å²) in [7, 11) is 0. The highest BCUT2D eigenvalue weighted by Gasteiger charge is 2.39. The Hall–Kier alpha value is -3.06. The van der Waals surface area contributed by atoms with Gasteiger partial charge in [-0.25, -0.2) is 0 Å². The van der Waals surface area contributed by atoms with Gasteiger partial charge in [-0.2, -0.15) is 0 Å². The zero-order valence-electron chi connectivity index (χ0n) is 12.9. The fourth-order valence-corrected chi connectivity index (χ4v) is 2.96. The fourth-order valence-electron chi connectivity index (χ4n) is 2.96. The van der Waals surface area contributed by atoms with Crippen LogP contribution in [0.5, 0.6) is 0 Å². The monoisotopic (exact) mass is 328 g/mol. The van der Waals surface area contributed by atoms with E-state index in [0.717, 1.165) is 11.3 Å². The largest absolute Gasteiger partial charge is 0.385 e. The normalized spacial score (nSPS) is 19.6. The molecule has 2 aliphatic rings. The summed E-state index contributed by atoms with van der Waals surface area (Å²) in [5.41, 5.74) is 10.4. The smallest absolute Gasteiger partial charge is 0.255 e. The van der Waals surface area contributed by atoms with Gasteiger partial charge in [0.05, 0.1) is 0 Å². The Morgan fingerprint density at radius 2 is 2.21 bits per heavy atom. The van der Waals surface area contributed by atoms with Crippen LogP contribution in [0.25, 0.3) is 10.4 Å². The minimum absolute atomic E-state index is 0.210. The standard InChI is InChI=1S/C15H16N6O3/c16-20-18-6-5-17-10-2-1-9-8-21(15(24)11(9)7-10)12-3-4-13(22)19-14(12)23/h1-2,7,12,17H,3-6,8H2,(H,19,22,23). The highest BCUT2D eigenvalue weighted by molar-refractivity contribution is 6.05. The molecule has 0 bridgehead atoms. The number of fused-ring (bicyclic) bond motifs is 1. The first-order valence-corrected chi connectivity index (χ1v) is 7.62.